The van der Waals surface area contributed by atoms with Crippen molar-refractivity contribution in [2.24, 2.45) is 0 Å². The van der Waals surface area contributed by atoms with Crippen molar-refractivity contribution in [2.75, 3.05) is 6.61 Å². The van der Waals surface area contributed by atoms with Crippen molar-refractivity contribution in [3.63, 3.8) is 0 Å². The van der Waals surface area contributed by atoms with Gasteiger partial charge < -0.3 is 4.74 Å². The second-order valence-electron chi connectivity index (χ2n) is 3.24. The summed E-state index contributed by atoms with van der Waals surface area (Å²) in [4.78, 5) is 11.2. The molecule has 1 aromatic carbocycles. The topological polar surface area (TPSA) is 26.3 Å². The maximum atomic E-state index is 11.2. The molecule has 0 saturated heterocycles. The van der Waals surface area contributed by atoms with Crippen LogP contribution in [0.5, 0.6) is 0 Å². The fourth-order valence-electron chi connectivity index (χ4n) is 1.32. The van der Waals surface area contributed by atoms with Gasteiger partial charge in [-0.05, 0) is 24.5 Å². The smallest absolute Gasteiger partial charge is 0.306 e. The highest BCUT2D eigenvalue weighted by molar-refractivity contribution is 5.70. The lowest BCUT2D eigenvalue weighted by Gasteiger charge is -2.10. The maximum absolute atomic E-state index is 11.2. The third kappa shape index (κ3) is 3.21. The Morgan fingerprint density at radius 1 is 1.50 bits per heavy atom. The average molecular weight is 191 g/mol. The van der Waals surface area contributed by atoms with Crippen LogP contribution in [0.25, 0.3) is 0 Å². The number of esters is 1. The monoisotopic (exact) mass is 191 g/mol. The van der Waals surface area contributed by atoms with E-state index in [-0.39, 0.29) is 11.9 Å². The zero-order chi connectivity index (χ0) is 10.4. The lowest BCUT2D eigenvalue weighted by atomic mass is 9.98. The first kappa shape index (κ1) is 10.8. The Morgan fingerprint density at radius 3 is 2.71 bits per heavy atom. The number of carbonyl (C=O) groups excluding carboxylic acids is 1. The summed E-state index contributed by atoms with van der Waals surface area (Å²) in [6.07, 6.45) is 0.442. The Balaban J connectivity index is 2.50. The van der Waals surface area contributed by atoms with Gasteiger partial charge in [-0.2, -0.15) is 0 Å². The van der Waals surface area contributed by atoms with Gasteiger partial charge in [-0.15, -0.1) is 0 Å². The molecule has 1 rings (SSSR count). The van der Waals surface area contributed by atoms with Crippen molar-refractivity contribution in [1.29, 1.82) is 0 Å². The molecule has 1 atom stereocenters. The van der Waals surface area contributed by atoms with Crippen LogP contribution in [0.2, 0.25) is 0 Å². The number of hydrogen-bond donors (Lipinski definition) is 0. The molecule has 0 saturated carbocycles. The summed E-state index contributed by atoms with van der Waals surface area (Å²) in [6, 6.07) is 10.6. The van der Waals surface area contributed by atoms with Crippen molar-refractivity contribution in [1.82, 2.24) is 0 Å². The summed E-state index contributed by atoms with van der Waals surface area (Å²) < 4.78 is 4.89. The van der Waals surface area contributed by atoms with Gasteiger partial charge >= 0.3 is 5.97 Å². The highest BCUT2D eigenvalue weighted by Crippen LogP contribution is 2.18. The van der Waals surface area contributed by atoms with Gasteiger partial charge in [0.2, 0.25) is 0 Å². The standard InChI is InChI=1S/C12H15O2/c1-3-14-12(13)9-10(2)11-7-5-4-6-8-11/h5-8,10H,3,9H2,1-2H3. The zero-order valence-electron chi connectivity index (χ0n) is 8.62. The molecule has 0 aliphatic heterocycles. The molecular formula is C12H15O2. The fraction of sp³-hybridized carbons (Fsp3) is 0.417. The number of rotatable bonds is 4. The summed E-state index contributed by atoms with van der Waals surface area (Å²) in [7, 11) is 0. The molecule has 0 fully saturated rings. The third-order valence-electron chi connectivity index (χ3n) is 2.09. The lowest BCUT2D eigenvalue weighted by molar-refractivity contribution is -0.143. The van der Waals surface area contributed by atoms with E-state index < -0.39 is 0 Å². The van der Waals surface area contributed by atoms with Crippen molar-refractivity contribution in [3.05, 3.63) is 35.9 Å². The van der Waals surface area contributed by atoms with Crippen LogP contribution in [0, 0.1) is 6.07 Å². The largest absolute Gasteiger partial charge is 0.466 e. The first-order valence-corrected chi connectivity index (χ1v) is 4.85. The minimum atomic E-state index is -0.132. The second kappa shape index (κ2) is 5.43. The summed E-state index contributed by atoms with van der Waals surface area (Å²) >= 11 is 0. The summed E-state index contributed by atoms with van der Waals surface area (Å²) in [5.41, 5.74) is 1.15. The van der Waals surface area contributed by atoms with Gasteiger partial charge in [0.15, 0.2) is 0 Å². The first-order valence-electron chi connectivity index (χ1n) is 4.85. The number of carbonyl (C=O) groups is 1. The highest BCUT2D eigenvalue weighted by atomic mass is 16.5. The molecule has 0 heterocycles. The predicted molar refractivity (Wildman–Crippen MR) is 54.9 cm³/mol. The molecule has 14 heavy (non-hydrogen) atoms. The molecule has 0 amide bonds. The Bertz CT molecular complexity index is 280. The Labute approximate surface area is 84.9 Å². The van der Waals surface area contributed by atoms with E-state index in [1.807, 2.05) is 38.1 Å². The van der Waals surface area contributed by atoms with Crippen LogP contribution < -0.4 is 0 Å². The molecule has 1 aromatic rings. The quantitative estimate of drug-likeness (QED) is 0.684. The van der Waals surface area contributed by atoms with E-state index in [2.05, 4.69) is 6.07 Å². The SMILES string of the molecule is CCOC(=O)CC(C)c1cc[c]cc1. The van der Waals surface area contributed by atoms with Gasteiger partial charge in [0.25, 0.3) is 0 Å². The van der Waals surface area contributed by atoms with Crippen LogP contribution in [0.15, 0.2) is 24.3 Å². The molecular weight excluding hydrogens is 176 g/mol. The average Bonchev–Trinajstić information content (AvgIpc) is 2.19. The highest BCUT2D eigenvalue weighted by Gasteiger charge is 2.10. The third-order valence-corrected chi connectivity index (χ3v) is 2.09. The lowest BCUT2D eigenvalue weighted by Crippen LogP contribution is -2.08. The molecule has 0 aromatic heterocycles. The van der Waals surface area contributed by atoms with Crippen LogP contribution in [0.3, 0.4) is 0 Å². The van der Waals surface area contributed by atoms with Crippen LogP contribution in [0.1, 0.15) is 31.7 Å². The van der Waals surface area contributed by atoms with Gasteiger partial charge in [-0.1, -0.05) is 31.2 Å². The van der Waals surface area contributed by atoms with E-state index in [4.69, 9.17) is 4.74 Å². The fourth-order valence-corrected chi connectivity index (χ4v) is 1.32. The number of ether oxygens (including phenoxy) is 1. The van der Waals surface area contributed by atoms with E-state index in [1.54, 1.807) is 0 Å². The van der Waals surface area contributed by atoms with Gasteiger partial charge in [0.1, 0.15) is 0 Å². The van der Waals surface area contributed by atoms with Crippen LogP contribution >= 0.6 is 0 Å². The molecule has 2 heteroatoms. The predicted octanol–water partition coefficient (Wildman–Crippen LogP) is 2.54. The van der Waals surface area contributed by atoms with Crippen molar-refractivity contribution >= 4 is 5.97 Å². The van der Waals surface area contributed by atoms with Crippen molar-refractivity contribution in [3.8, 4) is 0 Å². The minimum Gasteiger partial charge on any atom is -0.466 e. The van der Waals surface area contributed by atoms with Crippen molar-refractivity contribution in [2.45, 2.75) is 26.2 Å². The maximum Gasteiger partial charge on any atom is 0.306 e. The molecule has 2 nitrogen and oxygen atoms in total. The minimum absolute atomic E-state index is 0.132. The van der Waals surface area contributed by atoms with Gasteiger partial charge in [-0.3, -0.25) is 4.79 Å². The van der Waals surface area contributed by atoms with Gasteiger partial charge in [-0.25, -0.2) is 0 Å². The van der Waals surface area contributed by atoms with Gasteiger partial charge in [0, 0.05) is 0 Å². The molecule has 0 aliphatic carbocycles. The molecule has 75 valence electrons. The molecule has 1 radical (unpaired) electrons. The molecule has 0 spiro atoms. The summed E-state index contributed by atoms with van der Waals surface area (Å²) in [6.45, 7) is 4.29. The van der Waals surface area contributed by atoms with Gasteiger partial charge in [0.05, 0.1) is 13.0 Å². The van der Waals surface area contributed by atoms with Crippen molar-refractivity contribution < 1.29 is 9.53 Å². The van der Waals surface area contributed by atoms with E-state index in [1.165, 1.54) is 0 Å². The zero-order valence-corrected chi connectivity index (χ0v) is 8.62. The van der Waals surface area contributed by atoms with Crippen LogP contribution in [0.4, 0.5) is 0 Å². The van der Waals surface area contributed by atoms with E-state index >= 15 is 0 Å². The number of hydrogen-bond acceptors (Lipinski definition) is 2. The molecule has 1 unspecified atom stereocenters. The van der Waals surface area contributed by atoms with E-state index in [0.717, 1.165) is 5.56 Å². The summed E-state index contributed by atoms with van der Waals surface area (Å²) in [5.74, 6) is 0.0801. The number of benzene rings is 1. The normalized spacial score (nSPS) is 12.1. The first-order chi connectivity index (χ1) is 6.74. The second-order valence-corrected chi connectivity index (χ2v) is 3.24. The Morgan fingerprint density at radius 2 is 2.14 bits per heavy atom. The molecule has 0 bridgehead atoms. The van der Waals surface area contributed by atoms with E-state index in [9.17, 15) is 4.79 Å². The molecule has 0 aliphatic rings. The summed E-state index contributed by atoms with van der Waals surface area (Å²) in [5, 5.41) is 0. The van der Waals surface area contributed by atoms with Crippen LogP contribution in [-0.4, -0.2) is 12.6 Å². The van der Waals surface area contributed by atoms with E-state index in [0.29, 0.717) is 13.0 Å². The molecule has 0 N–H and O–H groups in total. The Hall–Kier alpha value is -1.31. The Kier molecular flexibility index (Phi) is 4.17. The van der Waals surface area contributed by atoms with Crippen LogP contribution in [-0.2, 0) is 9.53 Å².